The average Bonchev–Trinajstić information content (AvgIpc) is 3.24. The maximum atomic E-state index is 12.9. The molecule has 1 atom stereocenters. The third kappa shape index (κ3) is 2.88. The highest BCUT2D eigenvalue weighted by molar-refractivity contribution is 6.11. The number of carbonyl (C=O) groups is 3. The normalized spacial score (nSPS) is 19.8. The van der Waals surface area contributed by atoms with Crippen molar-refractivity contribution in [2.24, 2.45) is 5.92 Å². The van der Waals surface area contributed by atoms with Crippen LogP contribution >= 0.6 is 0 Å². The molecule has 25 heavy (non-hydrogen) atoms. The van der Waals surface area contributed by atoms with Gasteiger partial charge in [-0.05, 0) is 24.3 Å². The lowest BCUT2D eigenvalue weighted by Gasteiger charge is -2.30. The zero-order valence-electron chi connectivity index (χ0n) is 13.5. The molecule has 1 aromatic carbocycles. The van der Waals surface area contributed by atoms with E-state index in [0.29, 0.717) is 30.2 Å². The Morgan fingerprint density at radius 3 is 2.84 bits per heavy atom. The van der Waals surface area contributed by atoms with Crippen LogP contribution in [0.25, 0.3) is 0 Å². The largest absolute Gasteiger partial charge is 0.467 e. The molecule has 0 unspecified atom stereocenters. The molecule has 1 saturated heterocycles. The molecule has 2 aliphatic rings. The molecule has 0 spiro atoms. The molecule has 2 aliphatic heterocycles. The van der Waals surface area contributed by atoms with E-state index in [1.807, 2.05) is 6.07 Å². The molecule has 1 aromatic heterocycles. The standard InChI is InChI=1S/C18H17N3O4/c22-16-11-21(15-6-2-1-5-14(15)19-16)18(24)12-8-17(23)20(9-12)10-13-4-3-7-25-13/h1-7,12H,8-11H2,(H,19,22)/t12-/m1/s1. The van der Waals surface area contributed by atoms with Crippen LogP contribution in [0.2, 0.25) is 0 Å². The van der Waals surface area contributed by atoms with Gasteiger partial charge in [-0.1, -0.05) is 12.1 Å². The summed E-state index contributed by atoms with van der Waals surface area (Å²) in [5, 5.41) is 2.76. The van der Waals surface area contributed by atoms with Crippen molar-refractivity contribution in [1.29, 1.82) is 0 Å². The highest BCUT2D eigenvalue weighted by Gasteiger charge is 2.39. The second-order valence-corrected chi connectivity index (χ2v) is 6.24. The topological polar surface area (TPSA) is 82.9 Å². The van der Waals surface area contributed by atoms with Crippen molar-refractivity contribution in [3.8, 4) is 0 Å². The van der Waals surface area contributed by atoms with Crippen molar-refractivity contribution in [3.63, 3.8) is 0 Å². The Hall–Kier alpha value is -3.09. The smallest absolute Gasteiger partial charge is 0.244 e. The summed E-state index contributed by atoms with van der Waals surface area (Å²) in [4.78, 5) is 40.2. The molecular weight excluding hydrogens is 322 g/mol. The van der Waals surface area contributed by atoms with Crippen molar-refractivity contribution < 1.29 is 18.8 Å². The number of hydrogen-bond acceptors (Lipinski definition) is 4. The Morgan fingerprint density at radius 2 is 2.04 bits per heavy atom. The van der Waals surface area contributed by atoms with Gasteiger partial charge in [-0.15, -0.1) is 0 Å². The molecule has 7 heteroatoms. The van der Waals surface area contributed by atoms with E-state index in [1.54, 1.807) is 41.5 Å². The number of carbonyl (C=O) groups excluding carboxylic acids is 3. The number of para-hydroxylation sites is 2. The summed E-state index contributed by atoms with van der Waals surface area (Å²) in [6.45, 7) is 0.657. The third-order valence-corrected chi connectivity index (χ3v) is 4.53. The first-order valence-corrected chi connectivity index (χ1v) is 8.12. The number of likely N-dealkylation sites (tertiary alicyclic amines) is 1. The van der Waals surface area contributed by atoms with Crippen molar-refractivity contribution in [2.45, 2.75) is 13.0 Å². The van der Waals surface area contributed by atoms with Gasteiger partial charge in [0.1, 0.15) is 12.3 Å². The van der Waals surface area contributed by atoms with Gasteiger partial charge in [0.05, 0.1) is 30.1 Å². The molecule has 2 aromatic rings. The molecule has 1 N–H and O–H groups in total. The zero-order valence-corrected chi connectivity index (χ0v) is 13.5. The number of amides is 3. The molecule has 0 aliphatic carbocycles. The summed E-state index contributed by atoms with van der Waals surface area (Å²) >= 11 is 0. The summed E-state index contributed by atoms with van der Waals surface area (Å²) in [7, 11) is 0. The van der Waals surface area contributed by atoms with Gasteiger partial charge in [-0.2, -0.15) is 0 Å². The van der Waals surface area contributed by atoms with Crippen molar-refractivity contribution in [1.82, 2.24) is 4.90 Å². The number of benzene rings is 1. The van der Waals surface area contributed by atoms with Crippen LogP contribution < -0.4 is 10.2 Å². The number of nitrogens with one attached hydrogen (secondary N) is 1. The van der Waals surface area contributed by atoms with E-state index in [0.717, 1.165) is 0 Å². The van der Waals surface area contributed by atoms with Crippen LogP contribution in [0.4, 0.5) is 11.4 Å². The molecule has 1 fully saturated rings. The number of anilines is 2. The first-order chi connectivity index (χ1) is 12.1. The maximum Gasteiger partial charge on any atom is 0.244 e. The monoisotopic (exact) mass is 339 g/mol. The van der Waals surface area contributed by atoms with Crippen LogP contribution in [0.5, 0.6) is 0 Å². The first-order valence-electron chi connectivity index (χ1n) is 8.12. The average molecular weight is 339 g/mol. The first kappa shape index (κ1) is 15.4. The van der Waals surface area contributed by atoms with Gasteiger partial charge < -0.3 is 19.5 Å². The van der Waals surface area contributed by atoms with Gasteiger partial charge in [-0.25, -0.2) is 0 Å². The summed E-state index contributed by atoms with van der Waals surface area (Å²) in [6, 6.07) is 10.7. The fourth-order valence-corrected chi connectivity index (χ4v) is 3.33. The van der Waals surface area contributed by atoms with Crippen LogP contribution in [0.15, 0.2) is 47.1 Å². The van der Waals surface area contributed by atoms with Crippen LogP contribution in [0.1, 0.15) is 12.2 Å². The van der Waals surface area contributed by atoms with E-state index < -0.39 is 5.92 Å². The molecular formula is C18H17N3O4. The predicted molar refractivity (Wildman–Crippen MR) is 89.7 cm³/mol. The maximum absolute atomic E-state index is 12.9. The van der Waals surface area contributed by atoms with Gasteiger partial charge >= 0.3 is 0 Å². The fraction of sp³-hybridized carbons (Fsp3) is 0.278. The van der Waals surface area contributed by atoms with E-state index in [9.17, 15) is 14.4 Å². The third-order valence-electron chi connectivity index (χ3n) is 4.53. The van der Waals surface area contributed by atoms with E-state index in [1.165, 1.54) is 4.90 Å². The fourth-order valence-electron chi connectivity index (χ4n) is 3.33. The molecule has 0 radical (unpaired) electrons. The molecule has 0 bridgehead atoms. The van der Waals surface area contributed by atoms with Crippen molar-refractivity contribution >= 4 is 29.1 Å². The minimum absolute atomic E-state index is 0.0290. The predicted octanol–water partition coefficient (Wildman–Crippen LogP) is 1.61. The Kier molecular flexibility index (Phi) is 3.76. The minimum atomic E-state index is -0.457. The number of nitrogens with zero attached hydrogens (tertiary/aromatic N) is 2. The van der Waals surface area contributed by atoms with Crippen LogP contribution in [-0.2, 0) is 20.9 Å². The lowest BCUT2D eigenvalue weighted by atomic mass is 10.1. The number of hydrogen-bond donors (Lipinski definition) is 1. The highest BCUT2D eigenvalue weighted by Crippen LogP contribution is 2.32. The summed E-state index contributed by atoms with van der Waals surface area (Å²) in [6.07, 6.45) is 1.71. The van der Waals surface area contributed by atoms with Crippen LogP contribution in [-0.4, -0.2) is 35.7 Å². The SMILES string of the molecule is O=C1CN(C(=O)[C@@H]2CC(=O)N(Cc3ccco3)C2)c2ccccc2N1. The molecule has 0 saturated carbocycles. The Labute approximate surface area is 144 Å². The molecule has 128 valence electrons. The Bertz CT molecular complexity index is 831. The van der Waals surface area contributed by atoms with Crippen molar-refractivity contribution in [3.05, 3.63) is 48.4 Å². The van der Waals surface area contributed by atoms with E-state index in [4.69, 9.17) is 4.42 Å². The Balaban J connectivity index is 1.52. The molecule has 3 amide bonds. The van der Waals surface area contributed by atoms with E-state index in [2.05, 4.69) is 5.32 Å². The van der Waals surface area contributed by atoms with Gasteiger partial charge in [0.2, 0.25) is 17.7 Å². The zero-order chi connectivity index (χ0) is 17.4. The number of rotatable bonds is 3. The number of fused-ring (bicyclic) bond motifs is 1. The summed E-state index contributed by atoms with van der Waals surface area (Å²) < 4.78 is 5.27. The number of furan rings is 1. The summed E-state index contributed by atoms with van der Waals surface area (Å²) in [5.41, 5.74) is 1.29. The Morgan fingerprint density at radius 1 is 1.20 bits per heavy atom. The second kappa shape index (κ2) is 6.08. The molecule has 3 heterocycles. The van der Waals surface area contributed by atoms with Crippen LogP contribution in [0, 0.1) is 5.92 Å². The van der Waals surface area contributed by atoms with Crippen LogP contribution in [0.3, 0.4) is 0 Å². The molecule has 4 rings (SSSR count). The van der Waals surface area contributed by atoms with E-state index in [-0.39, 0.29) is 30.7 Å². The van der Waals surface area contributed by atoms with Gasteiger partial charge in [0.25, 0.3) is 0 Å². The van der Waals surface area contributed by atoms with Gasteiger partial charge in [0, 0.05) is 13.0 Å². The lowest BCUT2D eigenvalue weighted by molar-refractivity contribution is -0.129. The quantitative estimate of drug-likeness (QED) is 0.921. The second-order valence-electron chi connectivity index (χ2n) is 6.24. The minimum Gasteiger partial charge on any atom is -0.467 e. The molecule has 7 nitrogen and oxygen atoms in total. The van der Waals surface area contributed by atoms with Crippen molar-refractivity contribution in [2.75, 3.05) is 23.3 Å². The summed E-state index contributed by atoms with van der Waals surface area (Å²) in [5.74, 6) is -0.281. The van der Waals surface area contributed by atoms with E-state index >= 15 is 0 Å². The highest BCUT2D eigenvalue weighted by atomic mass is 16.3. The lowest BCUT2D eigenvalue weighted by Crippen LogP contribution is -2.45. The van der Waals surface area contributed by atoms with Gasteiger partial charge in [0.15, 0.2) is 0 Å². The van der Waals surface area contributed by atoms with Gasteiger partial charge in [-0.3, -0.25) is 14.4 Å².